The molecule has 0 bridgehead atoms. The van der Waals surface area contributed by atoms with Gasteiger partial charge in [0.2, 0.25) is 0 Å². The third-order valence-electron chi connectivity index (χ3n) is 5.23. The monoisotopic (exact) mass is 456 g/mol. The number of ketones is 1. The van der Waals surface area contributed by atoms with Crippen molar-refractivity contribution < 1.29 is 22.7 Å². The Morgan fingerprint density at radius 2 is 1.91 bits per heavy atom. The molecule has 0 fully saturated rings. The zero-order valence-corrected chi connectivity index (χ0v) is 17.3. The van der Waals surface area contributed by atoms with E-state index in [9.17, 15) is 18.0 Å². The predicted octanol–water partition coefficient (Wildman–Crippen LogP) is 6.41. The lowest BCUT2D eigenvalue weighted by atomic mass is 9.89. The number of carbonyl (C=O) groups excluding carboxylic acids is 1. The van der Waals surface area contributed by atoms with Gasteiger partial charge in [-0.15, -0.1) is 0 Å². The molecule has 0 radical (unpaired) electrons. The van der Waals surface area contributed by atoms with Crippen molar-refractivity contribution >= 4 is 28.8 Å². The average Bonchev–Trinajstić information content (AvgIpc) is 2.76. The van der Waals surface area contributed by atoms with Gasteiger partial charge in [0.05, 0.1) is 35.3 Å². The summed E-state index contributed by atoms with van der Waals surface area (Å²) in [6.07, 6.45) is -4.32. The second-order valence-electron chi connectivity index (χ2n) is 7.37. The molecular formula is C24H16ClF3N2O2. The van der Waals surface area contributed by atoms with Crippen LogP contribution in [0.1, 0.15) is 27.0 Å². The molecule has 0 aromatic heterocycles. The molecule has 0 aliphatic carbocycles. The third-order valence-corrected chi connectivity index (χ3v) is 5.46. The van der Waals surface area contributed by atoms with E-state index < -0.39 is 23.2 Å². The van der Waals surface area contributed by atoms with Crippen LogP contribution in [-0.2, 0) is 12.6 Å². The minimum atomic E-state index is -4.65. The zero-order chi connectivity index (χ0) is 22.9. The van der Waals surface area contributed by atoms with Crippen molar-refractivity contribution in [2.45, 2.75) is 12.6 Å². The number of Topliss-reactive ketones (excluding diaryl/α,β-unsaturated/α-hetero) is 1. The number of nitrogens with zero attached hydrogens (tertiary/aromatic N) is 1. The van der Waals surface area contributed by atoms with Gasteiger partial charge in [-0.3, -0.25) is 4.79 Å². The van der Waals surface area contributed by atoms with E-state index in [4.69, 9.17) is 21.6 Å². The number of halogens is 4. The molecule has 8 heteroatoms. The number of ether oxygens (including phenoxy) is 1. The molecule has 1 N–H and O–H groups in total. The van der Waals surface area contributed by atoms with E-state index in [1.54, 1.807) is 48.5 Å². The largest absolute Gasteiger partial charge is 0.492 e. The number of hydrogen-bond donors (Lipinski definition) is 1. The Bertz CT molecular complexity index is 1230. The molecule has 1 aliphatic heterocycles. The number of benzene rings is 3. The Morgan fingerprint density at radius 1 is 1.12 bits per heavy atom. The average molecular weight is 457 g/mol. The first-order valence-corrected chi connectivity index (χ1v) is 10.1. The van der Waals surface area contributed by atoms with Crippen molar-refractivity contribution in [3.63, 3.8) is 0 Å². The van der Waals surface area contributed by atoms with Crippen LogP contribution < -0.4 is 10.1 Å². The second kappa shape index (κ2) is 8.56. The highest BCUT2D eigenvalue weighted by atomic mass is 35.5. The number of anilines is 2. The first-order valence-electron chi connectivity index (χ1n) is 9.69. The molecule has 3 aromatic rings. The molecule has 1 atom stereocenters. The summed E-state index contributed by atoms with van der Waals surface area (Å²) >= 11 is 6.01. The van der Waals surface area contributed by atoms with Crippen LogP contribution in [0.2, 0.25) is 5.02 Å². The van der Waals surface area contributed by atoms with Crippen LogP contribution in [0.3, 0.4) is 0 Å². The molecule has 0 spiro atoms. The van der Waals surface area contributed by atoms with Crippen molar-refractivity contribution in [2.75, 3.05) is 11.9 Å². The van der Waals surface area contributed by atoms with Crippen molar-refractivity contribution in [3.8, 4) is 11.8 Å². The summed E-state index contributed by atoms with van der Waals surface area (Å²) in [6.45, 7) is 0.191. The number of fused-ring (bicyclic) bond motifs is 1. The Kier molecular flexibility index (Phi) is 5.81. The highest BCUT2D eigenvalue weighted by Crippen LogP contribution is 2.36. The first-order chi connectivity index (χ1) is 15.3. The second-order valence-corrected chi connectivity index (χ2v) is 7.81. The van der Waals surface area contributed by atoms with Crippen molar-refractivity contribution in [1.82, 2.24) is 0 Å². The van der Waals surface area contributed by atoms with Gasteiger partial charge < -0.3 is 10.1 Å². The normalized spacial score (nSPS) is 15.5. The van der Waals surface area contributed by atoms with Gasteiger partial charge in [-0.1, -0.05) is 29.8 Å². The predicted molar refractivity (Wildman–Crippen MR) is 114 cm³/mol. The van der Waals surface area contributed by atoms with Crippen LogP contribution in [0.25, 0.3) is 0 Å². The van der Waals surface area contributed by atoms with E-state index in [1.165, 1.54) is 6.07 Å². The van der Waals surface area contributed by atoms with Crippen LogP contribution in [0, 0.1) is 17.2 Å². The zero-order valence-electron chi connectivity index (χ0n) is 16.5. The van der Waals surface area contributed by atoms with E-state index in [0.29, 0.717) is 28.4 Å². The fourth-order valence-electron chi connectivity index (χ4n) is 3.65. The minimum Gasteiger partial charge on any atom is -0.492 e. The van der Waals surface area contributed by atoms with Gasteiger partial charge in [-0.25, -0.2) is 0 Å². The maximum absolute atomic E-state index is 13.3. The number of carbonyl (C=O) groups is 1. The van der Waals surface area contributed by atoms with Crippen molar-refractivity contribution in [3.05, 3.63) is 87.9 Å². The van der Waals surface area contributed by atoms with Gasteiger partial charge in [0, 0.05) is 16.4 Å². The standard InChI is InChI=1S/C24H16ClF3N2O2/c25-17-6-8-22-19(10-17)23(31)16(13-32-22)9-14-3-1-2-4-21(14)30-18-7-5-15(12-29)20(11-18)24(26,27)28/h1-8,10-11,16,30H,9,13H2. The van der Waals surface area contributed by atoms with Crippen LogP contribution in [0.4, 0.5) is 24.5 Å². The molecule has 0 amide bonds. The van der Waals surface area contributed by atoms with Crippen molar-refractivity contribution in [2.24, 2.45) is 5.92 Å². The molecule has 1 unspecified atom stereocenters. The Labute approximate surface area is 187 Å². The molecule has 1 aliphatic rings. The molecule has 1 heterocycles. The van der Waals surface area contributed by atoms with Crippen LogP contribution in [-0.4, -0.2) is 12.4 Å². The molecule has 32 heavy (non-hydrogen) atoms. The molecule has 4 nitrogen and oxygen atoms in total. The van der Waals surface area contributed by atoms with Crippen LogP contribution in [0.15, 0.2) is 60.7 Å². The lowest BCUT2D eigenvalue weighted by Gasteiger charge is -2.25. The van der Waals surface area contributed by atoms with Crippen molar-refractivity contribution in [1.29, 1.82) is 5.26 Å². The van der Waals surface area contributed by atoms with Gasteiger partial charge in [0.1, 0.15) is 5.75 Å². The number of alkyl halides is 3. The lowest BCUT2D eigenvalue weighted by Crippen LogP contribution is -2.29. The quantitative estimate of drug-likeness (QED) is 0.493. The van der Waals surface area contributed by atoms with E-state index in [0.717, 1.165) is 17.7 Å². The first kappa shape index (κ1) is 21.7. The molecule has 4 rings (SSSR count). The lowest BCUT2D eigenvalue weighted by molar-refractivity contribution is -0.137. The number of hydrogen-bond acceptors (Lipinski definition) is 4. The van der Waals surface area contributed by atoms with Gasteiger partial charge >= 0.3 is 6.18 Å². The summed E-state index contributed by atoms with van der Waals surface area (Å²) in [7, 11) is 0. The molecular weight excluding hydrogens is 441 g/mol. The summed E-state index contributed by atoms with van der Waals surface area (Å²) < 4.78 is 45.6. The molecule has 0 saturated heterocycles. The van der Waals surface area contributed by atoms with Gasteiger partial charge in [-0.2, -0.15) is 18.4 Å². The summed E-state index contributed by atoms with van der Waals surface area (Å²) in [6, 6.07) is 17.0. The Balaban J connectivity index is 1.60. The van der Waals surface area contributed by atoms with E-state index in [2.05, 4.69) is 5.32 Å². The molecule has 3 aromatic carbocycles. The number of nitriles is 1. The smallest absolute Gasteiger partial charge is 0.417 e. The number of rotatable bonds is 4. The van der Waals surface area contributed by atoms with Crippen LogP contribution >= 0.6 is 11.6 Å². The summed E-state index contributed by atoms with van der Waals surface area (Å²) in [4.78, 5) is 13.0. The van der Waals surface area contributed by atoms with E-state index in [1.807, 2.05) is 0 Å². The fourth-order valence-corrected chi connectivity index (χ4v) is 3.83. The summed E-state index contributed by atoms with van der Waals surface area (Å²) in [5.41, 5.74) is 0.464. The van der Waals surface area contributed by atoms with Gasteiger partial charge in [-0.05, 0) is 54.4 Å². The van der Waals surface area contributed by atoms with Crippen LogP contribution in [0.5, 0.6) is 5.75 Å². The number of para-hydroxylation sites is 1. The third kappa shape index (κ3) is 4.41. The Hall–Kier alpha value is -3.50. The number of nitrogens with one attached hydrogen (secondary N) is 1. The summed E-state index contributed by atoms with van der Waals surface area (Å²) in [5, 5.41) is 12.4. The highest BCUT2D eigenvalue weighted by Gasteiger charge is 2.34. The fraction of sp³-hybridized carbons (Fsp3) is 0.167. The highest BCUT2D eigenvalue weighted by molar-refractivity contribution is 6.31. The molecule has 0 saturated carbocycles. The maximum atomic E-state index is 13.3. The van der Waals surface area contributed by atoms with E-state index in [-0.39, 0.29) is 18.1 Å². The van der Waals surface area contributed by atoms with Gasteiger partial charge in [0.25, 0.3) is 0 Å². The summed E-state index contributed by atoms with van der Waals surface area (Å²) in [5.74, 6) is -0.0729. The SMILES string of the molecule is N#Cc1ccc(Nc2ccccc2CC2COc3ccc(Cl)cc3C2=O)cc1C(F)(F)F. The minimum absolute atomic E-state index is 0.0960. The topological polar surface area (TPSA) is 62.1 Å². The Morgan fingerprint density at radius 3 is 2.66 bits per heavy atom. The molecule has 162 valence electrons. The van der Waals surface area contributed by atoms with Gasteiger partial charge in [0.15, 0.2) is 5.78 Å². The van der Waals surface area contributed by atoms with E-state index >= 15 is 0 Å². The maximum Gasteiger partial charge on any atom is 0.417 e.